The number of piperidine rings is 1. The Morgan fingerprint density at radius 1 is 1.42 bits per heavy atom. The summed E-state index contributed by atoms with van der Waals surface area (Å²) in [5.41, 5.74) is 1.03. The molecule has 0 aliphatic carbocycles. The number of nitrogens with zero attached hydrogens (tertiary/aromatic N) is 1. The van der Waals surface area contributed by atoms with Crippen molar-refractivity contribution in [3.8, 4) is 11.5 Å². The van der Waals surface area contributed by atoms with E-state index in [4.69, 9.17) is 21.1 Å². The van der Waals surface area contributed by atoms with Crippen molar-refractivity contribution in [2.75, 3.05) is 26.8 Å². The number of amides is 1. The van der Waals surface area contributed by atoms with Crippen molar-refractivity contribution in [1.82, 2.24) is 10.2 Å². The SMILES string of the molecule is C=CCOc1cc(Cl)c(CN2CCCCC2CCNC(C)=O)cc1OC. The molecule has 1 aromatic carbocycles. The molecule has 0 saturated carbocycles. The van der Waals surface area contributed by atoms with E-state index in [9.17, 15) is 4.79 Å². The quantitative estimate of drug-likeness (QED) is 0.662. The first kappa shape index (κ1) is 20.6. The Kier molecular flexibility index (Phi) is 8.26. The molecule has 1 atom stereocenters. The van der Waals surface area contributed by atoms with E-state index in [1.807, 2.05) is 12.1 Å². The second-order valence-electron chi connectivity index (χ2n) is 6.59. The van der Waals surface area contributed by atoms with Crippen molar-refractivity contribution < 1.29 is 14.3 Å². The number of hydrogen-bond acceptors (Lipinski definition) is 4. The summed E-state index contributed by atoms with van der Waals surface area (Å²) in [6, 6.07) is 4.23. The molecule has 1 unspecified atom stereocenters. The lowest BCUT2D eigenvalue weighted by atomic mass is 9.98. The Morgan fingerprint density at radius 2 is 2.23 bits per heavy atom. The van der Waals surface area contributed by atoms with E-state index in [1.54, 1.807) is 20.1 Å². The summed E-state index contributed by atoms with van der Waals surface area (Å²) in [6.45, 7) is 8.14. The molecule has 1 saturated heterocycles. The highest BCUT2D eigenvalue weighted by molar-refractivity contribution is 6.31. The molecule has 2 rings (SSSR count). The number of nitrogens with one attached hydrogen (secondary N) is 1. The van der Waals surface area contributed by atoms with Crippen molar-refractivity contribution in [2.45, 2.75) is 45.2 Å². The van der Waals surface area contributed by atoms with Crippen LogP contribution in [0.2, 0.25) is 5.02 Å². The van der Waals surface area contributed by atoms with Crippen LogP contribution in [0.4, 0.5) is 0 Å². The minimum atomic E-state index is 0.0234. The Hall–Kier alpha value is -1.72. The normalized spacial score (nSPS) is 17.6. The van der Waals surface area contributed by atoms with E-state index in [0.717, 1.165) is 31.5 Å². The Morgan fingerprint density at radius 3 is 2.92 bits per heavy atom. The summed E-state index contributed by atoms with van der Waals surface area (Å²) in [6.07, 6.45) is 6.21. The fraction of sp³-hybridized carbons (Fsp3) is 0.550. The lowest BCUT2D eigenvalue weighted by Crippen LogP contribution is -2.41. The predicted molar refractivity (Wildman–Crippen MR) is 105 cm³/mol. The van der Waals surface area contributed by atoms with Gasteiger partial charge >= 0.3 is 0 Å². The topological polar surface area (TPSA) is 50.8 Å². The number of methoxy groups -OCH3 is 1. The highest BCUT2D eigenvalue weighted by atomic mass is 35.5. The van der Waals surface area contributed by atoms with Crippen LogP contribution in [-0.2, 0) is 11.3 Å². The average Bonchev–Trinajstić information content (AvgIpc) is 2.62. The molecule has 1 aromatic rings. The molecule has 0 bridgehead atoms. The number of benzene rings is 1. The Bertz CT molecular complexity index is 621. The fourth-order valence-corrected chi connectivity index (χ4v) is 3.56. The summed E-state index contributed by atoms with van der Waals surface area (Å²) >= 11 is 6.51. The molecule has 1 aliphatic heterocycles. The number of rotatable bonds is 9. The van der Waals surface area contributed by atoms with Crippen LogP contribution in [-0.4, -0.2) is 43.7 Å². The first-order valence-corrected chi connectivity index (χ1v) is 9.51. The maximum absolute atomic E-state index is 11.1. The van der Waals surface area contributed by atoms with Crippen LogP contribution in [0, 0.1) is 0 Å². The number of halogens is 1. The van der Waals surface area contributed by atoms with Gasteiger partial charge in [0.25, 0.3) is 0 Å². The van der Waals surface area contributed by atoms with Gasteiger partial charge in [-0.05, 0) is 37.4 Å². The summed E-state index contributed by atoms with van der Waals surface area (Å²) in [4.78, 5) is 13.6. The number of ether oxygens (including phenoxy) is 2. The van der Waals surface area contributed by atoms with Gasteiger partial charge in [0, 0.05) is 37.1 Å². The number of carbonyl (C=O) groups excluding carboxylic acids is 1. The zero-order valence-corrected chi connectivity index (χ0v) is 16.5. The van der Waals surface area contributed by atoms with E-state index in [-0.39, 0.29) is 5.91 Å². The first-order valence-electron chi connectivity index (χ1n) is 9.13. The van der Waals surface area contributed by atoms with Gasteiger partial charge in [0.15, 0.2) is 11.5 Å². The molecule has 1 fully saturated rings. The molecule has 1 amide bonds. The molecule has 1 heterocycles. The molecule has 6 heteroatoms. The van der Waals surface area contributed by atoms with E-state index in [2.05, 4.69) is 16.8 Å². The molecule has 0 spiro atoms. The molecular weight excluding hydrogens is 352 g/mol. The van der Waals surface area contributed by atoms with Crippen LogP contribution in [0.3, 0.4) is 0 Å². The van der Waals surface area contributed by atoms with Gasteiger partial charge in [-0.25, -0.2) is 0 Å². The monoisotopic (exact) mass is 380 g/mol. The van der Waals surface area contributed by atoms with Crippen LogP contribution in [0.25, 0.3) is 0 Å². The van der Waals surface area contributed by atoms with Gasteiger partial charge in [0.05, 0.1) is 7.11 Å². The van der Waals surface area contributed by atoms with E-state index >= 15 is 0 Å². The molecule has 1 N–H and O–H groups in total. The molecule has 5 nitrogen and oxygen atoms in total. The molecule has 1 aliphatic rings. The lowest BCUT2D eigenvalue weighted by Gasteiger charge is -2.36. The third-order valence-electron chi connectivity index (χ3n) is 4.66. The van der Waals surface area contributed by atoms with E-state index < -0.39 is 0 Å². The Labute approximate surface area is 161 Å². The number of carbonyl (C=O) groups is 1. The maximum atomic E-state index is 11.1. The zero-order valence-electron chi connectivity index (χ0n) is 15.7. The largest absolute Gasteiger partial charge is 0.493 e. The van der Waals surface area contributed by atoms with Crippen molar-refractivity contribution >= 4 is 17.5 Å². The number of likely N-dealkylation sites (tertiary alicyclic amines) is 1. The summed E-state index contributed by atoms with van der Waals surface area (Å²) < 4.78 is 11.1. The van der Waals surface area contributed by atoms with Crippen LogP contribution in [0.5, 0.6) is 11.5 Å². The van der Waals surface area contributed by atoms with Crippen molar-refractivity contribution in [1.29, 1.82) is 0 Å². The lowest BCUT2D eigenvalue weighted by molar-refractivity contribution is -0.119. The Balaban J connectivity index is 2.08. The fourth-order valence-electron chi connectivity index (χ4n) is 3.35. The van der Waals surface area contributed by atoms with Gasteiger partial charge in [-0.3, -0.25) is 9.69 Å². The summed E-state index contributed by atoms with van der Waals surface area (Å²) in [5.74, 6) is 1.33. The third kappa shape index (κ3) is 5.92. The van der Waals surface area contributed by atoms with Crippen LogP contribution in [0.1, 0.15) is 38.2 Å². The first-order chi connectivity index (χ1) is 12.5. The highest BCUT2D eigenvalue weighted by Gasteiger charge is 2.23. The minimum Gasteiger partial charge on any atom is -0.493 e. The molecule has 0 aromatic heterocycles. The minimum absolute atomic E-state index is 0.0234. The van der Waals surface area contributed by atoms with Gasteiger partial charge in [-0.2, -0.15) is 0 Å². The van der Waals surface area contributed by atoms with Gasteiger partial charge in [-0.1, -0.05) is 30.7 Å². The molecule has 144 valence electrons. The second-order valence-corrected chi connectivity index (χ2v) is 6.99. The molecule has 26 heavy (non-hydrogen) atoms. The second kappa shape index (κ2) is 10.4. The molecule has 0 radical (unpaired) electrons. The summed E-state index contributed by atoms with van der Waals surface area (Å²) in [7, 11) is 1.63. The predicted octanol–water partition coefficient (Wildman–Crippen LogP) is 3.79. The van der Waals surface area contributed by atoms with Gasteiger partial charge in [0.1, 0.15) is 6.61 Å². The van der Waals surface area contributed by atoms with Crippen LogP contribution < -0.4 is 14.8 Å². The third-order valence-corrected chi connectivity index (χ3v) is 5.02. The molecular formula is C20H29ClN2O3. The van der Waals surface area contributed by atoms with Crippen LogP contribution in [0.15, 0.2) is 24.8 Å². The standard InChI is InChI=1S/C20H29ClN2O3/c1-4-11-26-20-13-18(21)16(12-19(20)25-3)14-23-10-6-5-7-17(23)8-9-22-15(2)24/h4,12-13,17H,1,5-11,14H2,2-3H3,(H,22,24). The van der Waals surface area contributed by atoms with Gasteiger partial charge in [-0.15, -0.1) is 0 Å². The maximum Gasteiger partial charge on any atom is 0.216 e. The van der Waals surface area contributed by atoms with Gasteiger partial charge < -0.3 is 14.8 Å². The van der Waals surface area contributed by atoms with E-state index in [0.29, 0.717) is 35.7 Å². The van der Waals surface area contributed by atoms with Gasteiger partial charge in [0.2, 0.25) is 5.91 Å². The van der Waals surface area contributed by atoms with Crippen LogP contribution >= 0.6 is 11.6 Å². The van der Waals surface area contributed by atoms with Crippen molar-refractivity contribution in [3.05, 3.63) is 35.4 Å². The summed E-state index contributed by atoms with van der Waals surface area (Å²) in [5, 5.41) is 3.57. The van der Waals surface area contributed by atoms with Crippen molar-refractivity contribution in [2.24, 2.45) is 0 Å². The van der Waals surface area contributed by atoms with Crippen molar-refractivity contribution in [3.63, 3.8) is 0 Å². The average molecular weight is 381 g/mol. The van der Waals surface area contributed by atoms with E-state index in [1.165, 1.54) is 12.8 Å². The highest BCUT2D eigenvalue weighted by Crippen LogP contribution is 2.35. The smallest absolute Gasteiger partial charge is 0.216 e. The number of hydrogen-bond donors (Lipinski definition) is 1. The zero-order chi connectivity index (χ0) is 18.9.